The molecule has 2 aromatic heterocycles. The summed E-state index contributed by atoms with van der Waals surface area (Å²) in [4.78, 5) is 32.6. The van der Waals surface area contributed by atoms with Gasteiger partial charge in [-0.05, 0) is 19.3 Å². The molecular formula is C37H40Cl2N8O3. The maximum absolute atomic E-state index is 12.0. The number of benzene rings is 2. The van der Waals surface area contributed by atoms with Gasteiger partial charge in [0, 0.05) is 79.3 Å². The summed E-state index contributed by atoms with van der Waals surface area (Å²) in [6.07, 6.45) is 10.6. The smallest absolute Gasteiger partial charge is 0.237 e. The largest absolute Gasteiger partial charge is 0.480 e. The summed E-state index contributed by atoms with van der Waals surface area (Å²) < 4.78 is 11.2. The van der Waals surface area contributed by atoms with Crippen molar-refractivity contribution in [3.8, 4) is 45.4 Å². The molecule has 2 aromatic carbocycles. The first-order valence-corrected chi connectivity index (χ1v) is 17.3. The van der Waals surface area contributed by atoms with E-state index in [4.69, 9.17) is 42.6 Å². The predicted octanol–water partition coefficient (Wildman–Crippen LogP) is 6.17. The molecule has 2 aliphatic heterocycles. The van der Waals surface area contributed by atoms with E-state index in [0.717, 1.165) is 42.6 Å². The maximum Gasteiger partial charge on any atom is 0.237 e. The number of carbonyl (C=O) groups excluding carboxylic acids is 1. The number of nitrogens with one attached hydrogen (secondary N) is 3. The highest BCUT2D eigenvalue weighted by Crippen LogP contribution is 2.42. The Balaban J connectivity index is 1.18. The number of methoxy groups -OCH3 is 2. The van der Waals surface area contributed by atoms with Crippen molar-refractivity contribution in [2.75, 3.05) is 33.9 Å². The van der Waals surface area contributed by atoms with E-state index in [1.807, 2.05) is 48.7 Å². The third kappa shape index (κ3) is 8.08. The van der Waals surface area contributed by atoms with Crippen LogP contribution in [-0.2, 0) is 17.9 Å². The number of rotatable bonds is 14. The summed E-state index contributed by atoms with van der Waals surface area (Å²) in [7, 11) is 3.14. The van der Waals surface area contributed by atoms with E-state index >= 15 is 0 Å². The normalized spacial score (nSPS) is 15.8. The Morgan fingerprint density at radius 2 is 1.46 bits per heavy atom. The Labute approximate surface area is 302 Å². The quantitative estimate of drug-likeness (QED) is 0.131. The van der Waals surface area contributed by atoms with E-state index in [-0.39, 0.29) is 5.91 Å². The summed E-state index contributed by atoms with van der Waals surface area (Å²) in [6.45, 7) is 6.92. The number of nitrogens with zero attached hydrogens (tertiary/aromatic N) is 5. The van der Waals surface area contributed by atoms with Crippen molar-refractivity contribution >= 4 is 29.1 Å². The minimum atomic E-state index is 0.134. The molecular weight excluding hydrogens is 675 g/mol. The van der Waals surface area contributed by atoms with Crippen LogP contribution in [0, 0.1) is 0 Å². The summed E-state index contributed by atoms with van der Waals surface area (Å²) in [6, 6.07) is 11.8. The molecule has 2 aliphatic rings. The van der Waals surface area contributed by atoms with Crippen LogP contribution in [0.15, 0.2) is 73.3 Å². The highest BCUT2D eigenvalue weighted by Gasteiger charge is 2.20. The molecule has 1 amide bonds. The number of halogens is 2. The first-order valence-electron chi connectivity index (χ1n) is 16.6. The van der Waals surface area contributed by atoms with E-state index in [1.165, 1.54) is 0 Å². The van der Waals surface area contributed by atoms with Gasteiger partial charge in [0.2, 0.25) is 17.7 Å². The highest BCUT2D eigenvalue weighted by atomic mass is 35.5. The molecule has 4 heterocycles. The second-order valence-corrected chi connectivity index (χ2v) is 12.8. The van der Waals surface area contributed by atoms with Crippen molar-refractivity contribution in [2.24, 2.45) is 0 Å². The van der Waals surface area contributed by atoms with Crippen molar-refractivity contribution in [3.63, 3.8) is 0 Å². The maximum atomic E-state index is 12.0. The van der Waals surface area contributed by atoms with Gasteiger partial charge in [0.05, 0.1) is 48.0 Å². The molecule has 0 saturated carbocycles. The van der Waals surface area contributed by atoms with Crippen LogP contribution in [0.1, 0.15) is 37.1 Å². The molecule has 1 saturated heterocycles. The van der Waals surface area contributed by atoms with Crippen molar-refractivity contribution in [1.29, 1.82) is 0 Å². The van der Waals surface area contributed by atoms with Crippen LogP contribution >= 0.6 is 23.2 Å². The zero-order chi connectivity index (χ0) is 35.0. The van der Waals surface area contributed by atoms with Crippen molar-refractivity contribution in [3.05, 3.63) is 94.8 Å². The van der Waals surface area contributed by atoms with Gasteiger partial charge >= 0.3 is 0 Å². The number of amides is 1. The summed E-state index contributed by atoms with van der Waals surface area (Å²) in [5, 5.41) is 11.1. The molecule has 6 rings (SSSR count). The van der Waals surface area contributed by atoms with Gasteiger partial charge in [-0.1, -0.05) is 72.3 Å². The molecule has 0 unspecified atom stereocenters. The zero-order valence-electron chi connectivity index (χ0n) is 28.1. The molecule has 4 aromatic rings. The molecule has 50 heavy (non-hydrogen) atoms. The molecule has 260 valence electrons. The van der Waals surface area contributed by atoms with Crippen molar-refractivity contribution in [1.82, 2.24) is 40.8 Å². The third-order valence-corrected chi connectivity index (χ3v) is 9.50. The molecule has 13 heteroatoms. The standard InChI is InChI=1S/C37H40Cl2N8O3/c1-23-13-14-24(44-23)18-41-20-32-37(50-3)46-30(22-43-32)28-11-7-9-26(35(28)39)25-8-6-10-27(34(25)38)29-21-42-31(36(45-29)49-2)19-40-15-17-47-16-5-4-12-33(47)48/h5-11,16,21-22,24,40-41,44H,1,4,12-15,17-20H2,2-3H3/t24-/m0/s1. The molecule has 0 spiro atoms. The van der Waals surface area contributed by atoms with Crippen LogP contribution < -0.4 is 25.4 Å². The summed E-state index contributed by atoms with van der Waals surface area (Å²) in [5.41, 5.74) is 6.42. The summed E-state index contributed by atoms with van der Waals surface area (Å²) >= 11 is 14.1. The second-order valence-electron chi connectivity index (χ2n) is 12.1. The Morgan fingerprint density at radius 1 is 0.880 bits per heavy atom. The van der Waals surface area contributed by atoms with Gasteiger partial charge in [-0.15, -0.1) is 0 Å². The fourth-order valence-corrected chi connectivity index (χ4v) is 6.69. The number of carbonyl (C=O) groups is 1. The van der Waals surface area contributed by atoms with Gasteiger partial charge in [0.25, 0.3) is 0 Å². The number of allylic oxidation sites excluding steroid dienone is 2. The Hall–Kier alpha value is -4.55. The van der Waals surface area contributed by atoms with Gasteiger partial charge in [0.1, 0.15) is 11.4 Å². The topological polar surface area (TPSA) is 126 Å². The number of hydrogen-bond donors (Lipinski definition) is 3. The Kier molecular flexibility index (Phi) is 11.6. The highest BCUT2D eigenvalue weighted by molar-refractivity contribution is 6.39. The minimum absolute atomic E-state index is 0.134. The van der Waals surface area contributed by atoms with Gasteiger partial charge in [-0.3, -0.25) is 14.8 Å². The van der Waals surface area contributed by atoms with E-state index in [9.17, 15) is 4.79 Å². The van der Waals surface area contributed by atoms with Crippen LogP contribution in [0.2, 0.25) is 10.0 Å². The molecule has 1 fully saturated rings. The molecule has 3 N–H and O–H groups in total. The predicted molar refractivity (Wildman–Crippen MR) is 196 cm³/mol. The van der Waals surface area contributed by atoms with Crippen LogP contribution in [-0.4, -0.2) is 70.6 Å². The monoisotopic (exact) mass is 714 g/mol. The van der Waals surface area contributed by atoms with Gasteiger partial charge < -0.3 is 30.3 Å². The minimum Gasteiger partial charge on any atom is -0.480 e. The molecule has 0 radical (unpaired) electrons. The van der Waals surface area contributed by atoms with Gasteiger partial charge in [-0.2, -0.15) is 0 Å². The number of ether oxygens (including phenoxy) is 2. The van der Waals surface area contributed by atoms with Crippen molar-refractivity contribution in [2.45, 2.75) is 44.8 Å². The fourth-order valence-electron chi connectivity index (χ4n) is 6.04. The molecule has 11 nitrogen and oxygen atoms in total. The Morgan fingerprint density at radius 3 is 2.00 bits per heavy atom. The van der Waals surface area contributed by atoms with Crippen LogP contribution in [0.4, 0.5) is 0 Å². The second kappa shape index (κ2) is 16.4. The summed E-state index contributed by atoms with van der Waals surface area (Å²) in [5.74, 6) is 0.952. The lowest BCUT2D eigenvalue weighted by molar-refractivity contribution is -0.129. The first kappa shape index (κ1) is 35.3. The fraction of sp³-hybridized carbons (Fsp3) is 0.324. The van der Waals surface area contributed by atoms with E-state index < -0.39 is 0 Å². The average molecular weight is 716 g/mol. The molecule has 0 aliphatic carbocycles. The van der Waals surface area contributed by atoms with Crippen LogP contribution in [0.3, 0.4) is 0 Å². The lowest BCUT2D eigenvalue weighted by Crippen LogP contribution is -2.34. The molecule has 1 atom stereocenters. The number of hydrogen-bond acceptors (Lipinski definition) is 10. The average Bonchev–Trinajstić information content (AvgIpc) is 3.55. The van der Waals surface area contributed by atoms with E-state index in [1.54, 1.807) is 31.5 Å². The van der Waals surface area contributed by atoms with E-state index in [2.05, 4.69) is 32.5 Å². The van der Waals surface area contributed by atoms with Gasteiger partial charge in [-0.25, -0.2) is 9.97 Å². The van der Waals surface area contributed by atoms with Crippen molar-refractivity contribution < 1.29 is 14.3 Å². The lowest BCUT2D eigenvalue weighted by atomic mass is 9.98. The van der Waals surface area contributed by atoms with E-state index in [0.29, 0.717) is 94.3 Å². The third-order valence-electron chi connectivity index (χ3n) is 8.69. The zero-order valence-corrected chi connectivity index (χ0v) is 29.7. The van der Waals surface area contributed by atoms with Gasteiger partial charge in [0.15, 0.2) is 0 Å². The Bertz CT molecular complexity index is 1900. The SMILES string of the molecule is C=C1CC[C@@H](CNCc2ncc(-c3cccc(-c4cccc(-c5cnc(CNCCN6C=CCCC6=O)c(OC)n5)c4Cl)c3Cl)nc2OC)N1. The first-order chi connectivity index (χ1) is 24.4. The number of aromatic nitrogens is 4. The molecule has 0 bridgehead atoms. The van der Waals surface area contributed by atoms with Crippen LogP contribution in [0.5, 0.6) is 11.8 Å². The van der Waals surface area contributed by atoms with Crippen LogP contribution in [0.25, 0.3) is 33.6 Å². The lowest BCUT2D eigenvalue weighted by Gasteiger charge is -2.21.